The number of para-hydroxylation sites is 1. The number of benzene rings is 2. The lowest BCUT2D eigenvalue weighted by Gasteiger charge is -2.27. The largest absolute Gasteiger partial charge is 0.497 e. The second-order valence-corrected chi connectivity index (χ2v) is 6.95. The average Bonchev–Trinajstić information content (AvgIpc) is 3.26. The van der Waals surface area contributed by atoms with Gasteiger partial charge in [0.2, 0.25) is 0 Å². The number of nitrogens with one attached hydrogen (secondary N) is 1. The molecular weight excluding hydrogens is 344 g/mol. The van der Waals surface area contributed by atoms with E-state index in [-0.39, 0.29) is 6.04 Å². The van der Waals surface area contributed by atoms with E-state index in [0.29, 0.717) is 17.9 Å². The molecule has 0 radical (unpaired) electrons. The van der Waals surface area contributed by atoms with Crippen molar-refractivity contribution < 1.29 is 24.0 Å². The maximum absolute atomic E-state index is 12.5. The Labute approximate surface area is 158 Å². The van der Waals surface area contributed by atoms with Crippen molar-refractivity contribution in [3.8, 4) is 11.5 Å². The Kier molecular flexibility index (Phi) is 4.58. The molecule has 2 heterocycles. The molecular formula is C21H23N2O4+. The van der Waals surface area contributed by atoms with Crippen molar-refractivity contribution in [2.24, 2.45) is 0 Å². The van der Waals surface area contributed by atoms with E-state index in [1.54, 1.807) is 31.3 Å². The van der Waals surface area contributed by atoms with E-state index in [0.717, 1.165) is 36.4 Å². The number of ether oxygens (including phenoxy) is 2. The number of amides is 1. The summed E-state index contributed by atoms with van der Waals surface area (Å²) < 4.78 is 11.0. The number of Topliss-reactive ketones (excluding diaryl/α,β-unsaturated/α-hetero) is 1. The van der Waals surface area contributed by atoms with Crippen molar-refractivity contribution in [3.05, 3.63) is 53.6 Å². The lowest BCUT2D eigenvalue weighted by atomic mass is 10.0. The van der Waals surface area contributed by atoms with Crippen molar-refractivity contribution in [1.82, 2.24) is 0 Å². The van der Waals surface area contributed by atoms with Crippen molar-refractivity contribution in [2.75, 3.05) is 32.3 Å². The third-order valence-corrected chi connectivity index (χ3v) is 5.54. The van der Waals surface area contributed by atoms with Crippen molar-refractivity contribution in [1.29, 1.82) is 0 Å². The number of ketones is 1. The molecule has 1 saturated heterocycles. The minimum absolute atomic E-state index is 0.186. The van der Waals surface area contributed by atoms with Crippen LogP contribution in [0.15, 0.2) is 42.5 Å². The first-order valence-electron chi connectivity index (χ1n) is 9.15. The second-order valence-electron chi connectivity index (χ2n) is 6.95. The summed E-state index contributed by atoms with van der Waals surface area (Å²) in [6, 6.07) is 13.2. The predicted octanol–water partition coefficient (Wildman–Crippen LogP) is 1.61. The molecule has 2 aliphatic heterocycles. The molecule has 6 nitrogen and oxygen atoms in total. The Morgan fingerprint density at radius 1 is 1.11 bits per heavy atom. The fraction of sp³-hybridized carbons (Fsp3) is 0.333. The quantitative estimate of drug-likeness (QED) is 0.816. The van der Waals surface area contributed by atoms with Crippen LogP contribution >= 0.6 is 0 Å². The van der Waals surface area contributed by atoms with Gasteiger partial charge in [0.25, 0.3) is 5.78 Å². The van der Waals surface area contributed by atoms with Gasteiger partial charge in [-0.2, -0.15) is 0 Å². The topological polar surface area (TPSA) is 60.3 Å². The first-order valence-corrected chi connectivity index (χ1v) is 9.15. The molecule has 140 valence electrons. The van der Waals surface area contributed by atoms with Gasteiger partial charge in [0.15, 0.2) is 6.67 Å². The average molecular weight is 367 g/mol. The minimum Gasteiger partial charge on any atom is -0.497 e. The summed E-state index contributed by atoms with van der Waals surface area (Å²) in [5.41, 5.74) is 2.29. The van der Waals surface area contributed by atoms with Crippen LogP contribution < -0.4 is 19.3 Å². The number of quaternary nitrogens is 1. The molecule has 0 saturated carbocycles. The van der Waals surface area contributed by atoms with Crippen LogP contribution in [0, 0.1) is 0 Å². The highest BCUT2D eigenvalue weighted by atomic mass is 16.5. The third kappa shape index (κ3) is 2.96. The molecule has 2 atom stereocenters. The molecule has 0 aromatic heterocycles. The van der Waals surface area contributed by atoms with E-state index in [1.165, 1.54) is 4.90 Å². The number of rotatable bonds is 5. The van der Waals surface area contributed by atoms with Gasteiger partial charge < -0.3 is 14.4 Å². The maximum Gasteiger partial charge on any atom is 0.303 e. The van der Waals surface area contributed by atoms with E-state index in [9.17, 15) is 9.59 Å². The molecule has 0 aliphatic carbocycles. The van der Waals surface area contributed by atoms with Gasteiger partial charge in [0, 0.05) is 12.8 Å². The van der Waals surface area contributed by atoms with Crippen molar-refractivity contribution >= 4 is 17.4 Å². The number of likely N-dealkylation sites (tertiary alicyclic amines) is 1. The van der Waals surface area contributed by atoms with Gasteiger partial charge in [-0.1, -0.05) is 12.1 Å². The predicted molar refractivity (Wildman–Crippen MR) is 100 cm³/mol. The summed E-state index contributed by atoms with van der Waals surface area (Å²) in [5.74, 6) is 0.755. The molecule has 0 spiro atoms. The summed E-state index contributed by atoms with van der Waals surface area (Å²) >= 11 is 0. The third-order valence-electron chi connectivity index (χ3n) is 5.54. The van der Waals surface area contributed by atoms with Crippen LogP contribution in [-0.4, -0.2) is 39.1 Å². The Morgan fingerprint density at radius 3 is 2.70 bits per heavy atom. The molecule has 2 aromatic rings. The van der Waals surface area contributed by atoms with Gasteiger partial charge in [-0.25, -0.2) is 0 Å². The molecule has 27 heavy (non-hydrogen) atoms. The highest BCUT2D eigenvalue weighted by Crippen LogP contribution is 2.32. The van der Waals surface area contributed by atoms with Crippen LogP contribution in [0.5, 0.6) is 11.5 Å². The van der Waals surface area contributed by atoms with Crippen molar-refractivity contribution in [2.45, 2.75) is 18.9 Å². The summed E-state index contributed by atoms with van der Waals surface area (Å²) in [5, 5.41) is 0. The fourth-order valence-corrected chi connectivity index (χ4v) is 4.20. The normalized spacial score (nSPS) is 21.5. The molecule has 1 unspecified atom stereocenters. The van der Waals surface area contributed by atoms with Crippen LogP contribution in [0.25, 0.3) is 0 Å². The Bertz CT molecular complexity index is 896. The Balaban J connectivity index is 1.64. The van der Waals surface area contributed by atoms with E-state index < -0.39 is 11.7 Å². The fourth-order valence-electron chi connectivity index (χ4n) is 4.20. The van der Waals surface area contributed by atoms with Crippen LogP contribution in [0.4, 0.5) is 5.69 Å². The molecule has 2 aromatic carbocycles. The van der Waals surface area contributed by atoms with E-state index >= 15 is 0 Å². The second kappa shape index (κ2) is 7.04. The minimum atomic E-state index is -0.438. The first-order chi connectivity index (χ1) is 13.1. The molecule has 6 heteroatoms. The monoisotopic (exact) mass is 367 g/mol. The number of nitrogens with zero attached hydrogens (tertiary/aromatic N) is 1. The highest BCUT2D eigenvalue weighted by Gasteiger charge is 2.41. The number of anilines is 1. The Hall–Kier alpha value is -2.86. The summed E-state index contributed by atoms with van der Waals surface area (Å²) in [7, 11) is 3.31. The number of fused-ring (bicyclic) bond motifs is 1. The van der Waals surface area contributed by atoms with Crippen molar-refractivity contribution in [3.63, 3.8) is 0 Å². The van der Waals surface area contributed by atoms with Crippen LogP contribution in [0.2, 0.25) is 0 Å². The zero-order valence-corrected chi connectivity index (χ0v) is 15.5. The van der Waals surface area contributed by atoms with Gasteiger partial charge in [-0.3, -0.25) is 14.5 Å². The van der Waals surface area contributed by atoms with Crippen LogP contribution in [-0.2, 0) is 4.79 Å². The van der Waals surface area contributed by atoms with Gasteiger partial charge in [0.05, 0.1) is 37.6 Å². The summed E-state index contributed by atoms with van der Waals surface area (Å²) in [6.07, 6.45) is 2.05. The Morgan fingerprint density at radius 2 is 1.93 bits per heavy atom. The molecule has 4 rings (SSSR count). The molecule has 1 fully saturated rings. The zero-order valence-electron chi connectivity index (χ0n) is 15.5. The zero-order chi connectivity index (χ0) is 19.0. The number of carbonyl (C=O) groups excluding carboxylic acids is 2. The molecule has 2 aliphatic rings. The van der Waals surface area contributed by atoms with Gasteiger partial charge in [0.1, 0.15) is 17.5 Å². The van der Waals surface area contributed by atoms with Gasteiger partial charge >= 0.3 is 5.91 Å². The summed E-state index contributed by atoms with van der Waals surface area (Å²) in [6.45, 7) is 1.40. The smallest absolute Gasteiger partial charge is 0.303 e. The van der Waals surface area contributed by atoms with Crippen LogP contribution in [0.1, 0.15) is 34.8 Å². The van der Waals surface area contributed by atoms with E-state index in [2.05, 4.69) is 0 Å². The standard InChI is InChI=1S/C21H22N2O4/c1-26-14-9-10-19(27-2)16(12-14)17-8-5-11-22(17)13-23-18-7-4-3-6-15(18)20(24)21(23)25/h3-4,6-7,9-10,12,17H,5,8,11,13H2,1-2H3/p+1/t17-/m1/s1. The number of hydrogen-bond acceptors (Lipinski definition) is 4. The van der Waals surface area contributed by atoms with Gasteiger partial charge in [-0.15, -0.1) is 0 Å². The SMILES string of the molecule is COc1ccc(OC)c([C@H]2CCC[NH+]2CN2C(=O)C(=O)c3ccccc32)c1. The van der Waals surface area contributed by atoms with E-state index in [1.807, 2.05) is 30.3 Å². The maximum atomic E-state index is 12.5. The number of methoxy groups -OCH3 is 2. The number of hydrogen-bond donors (Lipinski definition) is 1. The first kappa shape index (κ1) is 17.5. The van der Waals surface area contributed by atoms with Crippen LogP contribution in [0.3, 0.4) is 0 Å². The lowest BCUT2D eigenvalue weighted by molar-refractivity contribution is -0.917. The van der Waals surface area contributed by atoms with Gasteiger partial charge in [-0.05, 0) is 30.3 Å². The lowest BCUT2D eigenvalue weighted by Crippen LogP contribution is -3.12. The molecule has 1 N–H and O–H groups in total. The molecule has 0 bridgehead atoms. The summed E-state index contributed by atoms with van der Waals surface area (Å²) in [4.78, 5) is 27.7. The number of carbonyl (C=O) groups is 2. The van der Waals surface area contributed by atoms with E-state index in [4.69, 9.17) is 9.47 Å². The molecule has 1 amide bonds. The highest BCUT2D eigenvalue weighted by molar-refractivity contribution is 6.52.